The van der Waals surface area contributed by atoms with Crippen molar-refractivity contribution in [2.24, 2.45) is 0 Å². The number of ether oxygens (including phenoxy) is 2. The molecule has 0 saturated carbocycles. The maximum Gasteiger partial charge on any atom is 0.410 e. The van der Waals surface area contributed by atoms with Crippen molar-refractivity contribution in [3.8, 4) is 11.6 Å². The van der Waals surface area contributed by atoms with Crippen molar-refractivity contribution in [3.05, 3.63) is 83.6 Å². The van der Waals surface area contributed by atoms with Crippen LogP contribution < -0.4 is 10.5 Å². The van der Waals surface area contributed by atoms with E-state index in [-0.39, 0.29) is 18.2 Å². The van der Waals surface area contributed by atoms with E-state index in [1.165, 1.54) is 5.56 Å². The number of anilines is 1. The average Bonchev–Trinajstić information content (AvgIpc) is 3.24. The maximum absolute atomic E-state index is 12.5. The number of carbonyl (C=O) groups excluding carboxylic acids is 1. The number of piperidine rings is 1. The van der Waals surface area contributed by atoms with Crippen molar-refractivity contribution >= 4 is 11.8 Å². The number of aryl methyl sites for hydroxylation is 1. The Bertz CT molecular complexity index is 1130. The molecule has 5 rings (SSSR count). The number of hydrogen-bond donors (Lipinski definition) is 1. The molecule has 1 aromatic heterocycles. The number of hydrogen-bond acceptors (Lipinski definition) is 6. The van der Waals surface area contributed by atoms with Crippen LogP contribution in [0.5, 0.6) is 11.6 Å². The number of amides is 1. The van der Waals surface area contributed by atoms with Gasteiger partial charge < -0.3 is 15.2 Å². The van der Waals surface area contributed by atoms with E-state index in [1.807, 2.05) is 60.4 Å². The number of rotatable bonds is 6. The van der Waals surface area contributed by atoms with Gasteiger partial charge in [-0.2, -0.15) is 0 Å². The van der Waals surface area contributed by atoms with Gasteiger partial charge in [0, 0.05) is 43.1 Å². The van der Waals surface area contributed by atoms with Crippen LogP contribution >= 0.6 is 0 Å². The van der Waals surface area contributed by atoms with Gasteiger partial charge in [0.1, 0.15) is 12.4 Å². The fourth-order valence-electron chi connectivity index (χ4n) is 4.81. The van der Waals surface area contributed by atoms with Gasteiger partial charge in [-0.25, -0.2) is 9.78 Å². The van der Waals surface area contributed by atoms with E-state index in [4.69, 9.17) is 15.2 Å². The van der Waals surface area contributed by atoms with Crippen molar-refractivity contribution in [2.75, 3.05) is 25.4 Å². The normalized spacial score (nSPS) is 19.3. The minimum absolute atomic E-state index is 0.00490. The topological polar surface area (TPSA) is 80.9 Å². The number of benzene rings is 2. The Kier molecular flexibility index (Phi) is 6.36. The second-order valence-corrected chi connectivity index (χ2v) is 8.98. The molecule has 2 N–H and O–H groups in total. The van der Waals surface area contributed by atoms with Crippen LogP contribution in [-0.4, -0.2) is 46.6 Å². The molecule has 0 aliphatic carbocycles. The monoisotopic (exact) mass is 458 g/mol. The summed E-state index contributed by atoms with van der Waals surface area (Å²) in [5.74, 6) is 1.29. The summed E-state index contributed by atoms with van der Waals surface area (Å²) in [6.45, 7) is 5.14. The van der Waals surface area contributed by atoms with Crippen LogP contribution in [0.4, 0.5) is 10.5 Å². The molecule has 3 heterocycles. The zero-order valence-corrected chi connectivity index (χ0v) is 19.4. The summed E-state index contributed by atoms with van der Waals surface area (Å²) in [6, 6.07) is 21.7. The van der Waals surface area contributed by atoms with Crippen molar-refractivity contribution in [1.82, 2.24) is 14.8 Å². The SMILES string of the molecule is Cc1nc(Oc2ccc(N)cc2)ccc1CN1CCC(N2C(=O)OCC2c2ccccc2)CC1. The van der Waals surface area contributed by atoms with Gasteiger partial charge in [-0.15, -0.1) is 0 Å². The molecule has 2 saturated heterocycles. The highest BCUT2D eigenvalue weighted by molar-refractivity contribution is 5.71. The molecule has 0 bridgehead atoms. The molecule has 0 radical (unpaired) electrons. The van der Waals surface area contributed by atoms with E-state index in [9.17, 15) is 4.79 Å². The standard InChI is InChI=1S/C27H30N4O3/c1-19-21(7-12-26(29-19)34-24-10-8-22(28)9-11-24)17-30-15-13-23(14-16-30)31-25(18-33-27(31)32)20-5-3-2-4-6-20/h2-12,23,25H,13-18,28H2,1H3. The maximum atomic E-state index is 12.5. The largest absolute Gasteiger partial charge is 0.447 e. The Morgan fingerprint density at radius 2 is 1.76 bits per heavy atom. The lowest BCUT2D eigenvalue weighted by Gasteiger charge is -2.38. The molecule has 7 nitrogen and oxygen atoms in total. The number of cyclic esters (lactones) is 1. The summed E-state index contributed by atoms with van der Waals surface area (Å²) < 4.78 is 11.3. The fraction of sp³-hybridized carbons (Fsp3) is 0.333. The zero-order chi connectivity index (χ0) is 23.5. The number of nitrogens with two attached hydrogens (primary N) is 1. The highest BCUT2D eigenvalue weighted by Gasteiger charge is 2.40. The van der Waals surface area contributed by atoms with Crippen LogP contribution in [0.15, 0.2) is 66.7 Å². The second kappa shape index (κ2) is 9.73. The number of likely N-dealkylation sites (tertiary alicyclic amines) is 1. The molecule has 176 valence electrons. The van der Waals surface area contributed by atoms with Gasteiger partial charge in [0.15, 0.2) is 0 Å². The number of carbonyl (C=O) groups is 1. The quantitative estimate of drug-likeness (QED) is 0.528. The van der Waals surface area contributed by atoms with Gasteiger partial charge in [0.05, 0.1) is 6.04 Å². The summed E-state index contributed by atoms with van der Waals surface area (Å²) in [4.78, 5) is 21.5. The van der Waals surface area contributed by atoms with E-state index in [0.29, 0.717) is 23.9 Å². The van der Waals surface area contributed by atoms with E-state index in [0.717, 1.165) is 43.7 Å². The third-order valence-corrected chi connectivity index (χ3v) is 6.71. The van der Waals surface area contributed by atoms with E-state index in [2.05, 4.69) is 28.1 Å². The first-order valence-electron chi connectivity index (χ1n) is 11.8. The van der Waals surface area contributed by atoms with Crippen molar-refractivity contribution in [3.63, 3.8) is 0 Å². The number of nitrogens with zero attached hydrogens (tertiary/aromatic N) is 3. The first-order chi connectivity index (χ1) is 16.6. The van der Waals surface area contributed by atoms with Crippen LogP contribution in [0.1, 0.15) is 35.7 Å². The number of pyridine rings is 1. The van der Waals surface area contributed by atoms with Gasteiger partial charge in [0.25, 0.3) is 0 Å². The van der Waals surface area contributed by atoms with Gasteiger partial charge in [-0.1, -0.05) is 36.4 Å². The number of nitrogen functional groups attached to an aromatic ring is 1. The molecule has 2 aliphatic heterocycles. The van der Waals surface area contributed by atoms with Crippen LogP contribution in [-0.2, 0) is 11.3 Å². The van der Waals surface area contributed by atoms with Gasteiger partial charge in [-0.05, 0) is 55.2 Å². The Hall–Kier alpha value is -3.58. The van der Waals surface area contributed by atoms with Gasteiger partial charge >= 0.3 is 6.09 Å². The second-order valence-electron chi connectivity index (χ2n) is 8.98. The zero-order valence-electron chi connectivity index (χ0n) is 19.4. The van der Waals surface area contributed by atoms with Crippen LogP contribution in [0, 0.1) is 6.92 Å². The molecule has 1 atom stereocenters. The van der Waals surface area contributed by atoms with E-state index >= 15 is 0 Å². The molecule has 1 unspecified atom stereocenters. The molecule has 2 aliphatic rings. The molecule has 34 heavy (non-hydrogen) atoms. The van der Waals surface area contributed by atoms with Gasteiger partial charge in [-0.3, -0.25) is 9.80 Å². The summed E-state index contributed by atoms with van der Waals surface area (Å²) >= 11 is 0. The van der Waals surface area contributed by atoms with Gasteiger partial charge in [0.2, 0.25) is 5.88 Å². The van der Waals surface area contributed by atoms with Crippen LogP contribution in [0.2, 0.25) is 0 Å². The van der Waals surface area contributed by atoms with Crippen LogP contribution in [0.25, 0.3) is 0 Å². The molecule has 2 fully saturated rings. The predicted octanol–water partition coefficient (Wildman–Crippen LogP) is 4.92. The van der Waals surface area contributed by atoms with Crippen molar-refractivity contribution < 1.29 is 14.3 Å². The summed E-state index contributed by atoms with van der Waals surface area (Å²) in [5.41, 5.74) is 9.72. The fourth-order valence-corrected chi connectivity index (χ4v) is 4.81. The average molecular weight is 459 g/mol. The number of aromatic nitrogens is 1. The minimum Gasteiger partial charge on any atom is -0.447 e. The summed E-state index contributed by atoms with van der Waals surface area (Å²) in [6.07, 6.45) is 1.68. The van der Waals surface area contributed by atoms with Crippen molar-refractivity contribution in [2.45, 2.75) is 38.4 Å². The van der Waals surface area contributed by atoms with Crippen molar-refractivity contribution in [1.29, 1.82) is 0 Å². The molecule has 3 aromatic rings. The minimum atomic E-state index is -0.191. The molecule has 1 amide bonds. The highest BCUT2D eigenvalue weighted by atomic mass is 16.6. The molecular formula is C27H30N4O3. The summed E-state index contributed by atoms with van der Waals surface area (Å²) in [7, 11) is 0. The van der Waals surface area contributed by atoms with Crippen LogP contribution in [0.3, 0.4) is 0 Å². The first kappa shape index (κ1) is 22.2. The lowest BCUT2D eigenvalue weighted by atomic mass is 9.98. The molecule has 7 heteroatoms. The smallest absolute Gasteiger partial charge is 0.410 e. The Labute approximate surface area is 200 Å². The third kappa shape index (κ3) is 4.84. The first-order valence-corrected chi connectivity index (χ1v) is 11.8. The predicted molar refractivity (Wildman–Crippen MR) is 131 cm³/mol. The Balaban J connectivity index is 1.18. The Morgan fingerprint density at radius 1 is 1.03 bits per heavy atom. The molecule has 2 aromatic carbocycles. The lowest BCUT2D eigenvalue weighted by molar-refractivity contribution is 0.104. The highest BCUT2D eigenvalue weighted by Crippen LogP contribution is 2.33. The van der Waals surface area contributed by atoms with E-state index in [1.54, 1.807) is 0 Å². The molecular weight excluding hydrogens is 428 g/mol. The Morgan fingerprint density at radius 3 is 2.47 bits per heavy atom. The lowest BCUT2D eigenvalue weighted by Crippen LogP contribution is -2.46. The molecule has 0 spiro atoms. The van der Waals surface area contributed by atoms with E-state index < -0.39 is 0 Å². The summed E-state index contributed by atoms with van der Waals surface area (Å²) in [5, 5.41) is 0. The third-order valence-electron chi connectivity index (χ3n) is 6.71.